The van der Waals surface area contributed by atoms with Crippen LogP contribution in [0.15, 0.2) is 47.1 Å². The minimum Gasteiger partial charge on any atom is -0.357 e. The van der Waals surface area contributed by atoms with Crippen LogP contribution in [0.3, 0.4) is 0 Å². The predicted molar refractivity (Wildman–Crippen MR) is 105 cm³/mol. The number of halogens is 1. The highest BCUT2D eigenvalue weighted by Gasteiger charge is 2.26. The minimum atomic E-state index is -0.0312. The molecule has 1 aliphatic rings. The first-order chi connectivity index (χ1) is 12.6. The van der Waals surface area contributed by atoms with Gasteiger partial charge in [0.25, 0.3) is 0 Å². The second-order valence-electron chi connectivity index (χ2n) is 6.53. The van der Waals surface area contributed by atoms with E-state index in [1.165, 1.54) is 0 Å². The van der Waals surface area contributed by atoms with Gasteiger partial charge in [0.05, 0.1) is 11.6 Å². The molecule has 2 heterocycles. The molecule has 1 aromatic carbocycles. The van der Waals surface area contributed by atoms with E-state index in [0.717, 1.165) is 41.8 Å². The quantitative estimate of drug-likeness (QED) is 0.828. The Hall–Kier alpha value is -2.39. The fourth-order valence-corrected chi connectivity index (χ4v) is 3.87. The molecule has 2 aromatic rings. The third-order valence-corrected chi connectivity index (χ3v) is 5.52. The maximum absolute atomic E-state index is 12.6. The van der Waals surface area contributed by atoms with E-state index in [-0.39, 0.29) is 17.9 Å². The van der Waals surface area contributed by atoms with Gasteiger partial charge < -0.3 is 10.2 Å². The van der Waals surface area contributed by atoms with Crippen molar-refractivity contribution >= 4 is 27.7 Å². The SMILES string of the molecule is CC(NC(=O)C1CCN(c2ccc(C#N)cn2)CC1)c1ccccc1Br. The summed E-state index contributed by atoms with van der Waals surface area (Å²) in [5.74, 6) is 1.000. The number of pyridine rings is 1. The van der Waals surface area contributed by atoms with Crippen LogP contribution in [-0.4, -0.2) is 24.0 Å². The Morgan fingerprint density at radius 2 is 2.04 bits per heavy atom. The lowest BCUT2D eigenvalue weighted by Crippen LogP contribution is -2.41. The highest BCUT2D eigenvalue weighted by molar-refractivity contribution is 9.10. The first-order valence-corrected chi connectivity index (χ1v) is 9.53. The Bertz CT molecular complexity index is 807. The summed E-state index contributed by atoms with van der Waals surface area (Å²) in [6, 6.07) is 13.6. The summed E-state index contributed by atoms with van der Waals surface area (Å²) in [6.07, 6.45) is 3.19. The van der Waals surface area contributed by atoms with Crippen LogP contribution in [0.25, 0.3) is 0 Å². The summed E-state index contributed by atoms with van der Waals surface area (Å²) in [5, 5.41) is 12.0. The first kappa shape index (κ1) is 18.4. The van der Waals surface area contributed by atoms with Crippen molar-refractivity contribution in [1.82, 2.24) is 10.3 Å². The molecule has 0 aliphatic carbocycles. The zero-order valence-electron chi connectivity index (χ0n) is 14.7. The van der Waals surface area contributed by atoms with Gasteiger partial charge in [0.1, 0.15) is 11.9 Å². The highest BCUT2D eigenvalue weighted by atomic mass is 79.9. The lowest BCUT2D eigenvalue weighted by atomic mass is 9.95. The van der Waals surface area contributed by atoms with Crippen LogP contribution in [-0.2, 0) is 4.79 Å². The van der Waals surface area contributed by atoms with Crippen LogP contribution >= 0.6 is 15.9 Å². The standard InChI is InChI=1S/C20H21BrN4O/c1-14(17-4-2-3-5-18(17)21)24-20(26)16-8-10-25(11-9-16)19-7-6-15(12-22)13-23-19/h2-7,13-14,16H,8-11H2,1H3,(H,24,26). The van der Waals surface area contributed by atoms with Gasteiger partial charge >= 0.3 is 0 Å². The molecule has 1 aliphatic heterocycles. The second kappa shape index (κ2) is 8.33. The van der Waals surface area contributed by atoms with Gasteiger partial charge in [0.2, 0.25) is 5.91 Å². The van der Waals surface area contributed by atoms with Crippen molar-refractivity contribution in [2.75, 3.05) is 18.0 Å². The van der Waals surface area contributed by atoms with Crippen molar-refractivity contribution in [3.63, 3.8) is 0 Å². The smallest absolute Gasteiger partial charge is 0.223 e. The van der Waals surface area contributed by atoms with Crippen molar-refractivity contribution < 1.29 is 4.79 Å². The minimum absolute atomic E-state index is 0.0227. The van der Waals surface area contributed by atoms with Crippen molar-refractivity contribution in [2.24, 2.45) is 5.92 Å². The number of piperidine rings is 1. The summed E-state index contributed by atoms with van der Waals surface area (Å²) in [5.41, 5.74) is 1.64. The van der Waals surface area contributed by atoms with Gasteiger partial charge in [-0.05, 0) is 43.5 Å². The van der Waals surface area contributed by atoms with E-state index in [2.05, 4.69) is 37.2 Å². The number of nitrogens with one attached hydrogen (secondary N) is 1. The largest absolute Gasteiger partial charge is 0.357 e. The molecule has 134 valence electrons. The molecule has 1 fully saturated rings. The lowest BCUT2D eigenvalue weighted by molar-refractivity contribution is -0.126. The molecule has 26 heavy (non-hydrogen) atoms. The van der Waals surface area contributed by atoms with Crippen LogP contribution in [0.2, 0.25) is 0 Å². The van der Waals surface area contributed by atoms with Crippen molar-refractivity contribution in [3.8, 4) is 6.07 Å². The fraction of sp³-hybridized carbons (Fsp3) is 0.350. The van der Waals surface area contributed by atoms with Gasteiger partial charge in [-0.3, -0.25) is 4.79 Å². The van der Waals surface area contributed by atoms with Gasteiger partial charge in [-0.1, -0.05) is 34.1 Å². The third-order valence-electron chi connectivity index (χ3n) is 4.80. The molecule has 5 nitrogen and oxygen atoms in total. The molecule has 1 saturated heterocycles. The number of aromatic nitrogens is 1. The van der Waals surface area contributed by atoms with Crippen molar-refractivity contribution in [2.45, 2.75) is 25.8 Å². The Morgan fingerprint density at radius 3 is 2.65 bits per heavy atom. The fourth-order valence-electron chi connectivity index (χ4n) is 3.25. The van der Waals surface area contributed by atoms with Gasteiger partial charge in [-0.15, -0.1) is 0 Å². The average Bonchev–Trinajstić information content (AvgIpc) is 2.68. The number of carbonyl (C=O) groups excluding carboxylic acids is 1. The molecular weight excluding hydrogens is 392 g/mol. The van der Waals surface area contributed by atoms with Crippen LogP contribution < -0.4 is 10.2 Å². The highest BCUT2D eigenvalue weighted by Crippen LogP contribution is 2.25. The number of carbonyl (C=O) groups is 1. The number of nitrogens with zero attached hydrogens (tertiary/aromatic N) is 3. The number of amides is 1. The predicted octanol–water partition coefficient (Wildman–Crippen LogP) is 3.81. The Morgan fingerprint density at radius 1 is 1.31 bits per heavy atom. The lowest BCUT2D eigenvalue weighted by Gasteiger charge is -2.32. The monoisotopic (exact) mass is 412 g/mol. The molecule has 1 unspecified atom stereocenters. The van der Waals surface area contributed by atoms with E-state index >= 15 is 0 Å². The number of anilines is 1. The van der Waals surface area contributed by atoms with Gasteiger partial charge in [-0.2, -0.15) is 5.26 Å². The van der Waals surface area contributed by atoms with Crippen LogP contribution in [0.4, 0.5) is 5.82 Å². The Balaban J connectivity index is 1.55. The maximum atomic E-state index is 12.6. The van der Waals surface area contributed by atoms with E-state index in [1.807, 2.05) is 37.3 Å². The number of hydrogen-bond acceptors (Lipinski definition) is 4. The molecule has 1 N–H and O–H groups in total. The Kier molecular flexibility index (Phi) is 5.89. The summed E-state index contributed by atoms with van der Waals surface area (Å²) in [7, 11) is 0. The topological polar surface area (TPSA) is 69.0 Å². The van der Waals surface area contributed by atoms with Crippen molar-refractivity contribution in [1.29, 1.82) is 5.26 Å². The summed E-state index contributed by atoms with van der Waals surface area (Å²) >= 11 is 3.54. The molecule has 6 heteroatoms. The number of rotatable bonds is 4. The third kappa shape index (κ3) is 4.23. The van der Waals surface area contributed by atoms with E-state index in [0.29, 0.717) is 5.56 Å². The molecule has 0 spiro atoms. The molecule has 3 rings (SSSR count). The van der Waals surface area contributed by atoms with E-state index in [1.54, 1.807) is 12.3 Å². The number of benzene rings is 1. The van der Waals surface area contributed by atoms with E-state index in [9.17, 15) is 4.79 Å². The zero-order valence-corrected chi connectivity index (χ0v) is 16.2. The van der Waals surface area contributed by atoms with Crippen LogP contribution in [0.1, 0.15) is 36.9 Å². The molecule has 0 bridgehead atoms. The van der Waals surface area contributed by atoms with Crippen LogP contribution in [0, 0.1) is 17.2 Å². The molecular formula is C20H21BrN4O. The summed E-state index contributed by atoms with van der Waals surface area (Å²) in [6.45, 7) is 3.59. The van der Waals surface area contributed by atoms with Gasteiger partial charge in [0, 0.05) is 29.7 Å². The summed E-state index contributed by atoms with van der Waals surface area (Å²) < 4.78 is 1.01. The average molecular weight is 413 g/mol. The first-order valence-electron chi connectivity index (χ1n) is 8.74. The van der Waals surface area contributed by atoms with Gasteiger partial charge in [0.15, 0.2) is 0 Å². The summed E-state index contributed by atoms with van der Waals surface area (Å²) in [4.78, 5) is 19.1. The van der Waals surface area contributed by atoms with Gasteiger partial charge in [-0.25, -0.2) is 4.98 Å². The molecule has 1 atom stereocenters. The normalized spacial score (nSPS) is 16.0. The maximum Gasteiger partial charge on any atom is 0.223 e. The van der Waals surface area contributed by atoms with Crippen molar-refractivity contribution in [3.05, 3.63) is 58.2 Å². The van der Waals surface area contributed by atoms with E-state index < -0.39 is 0 Å². The molecule has 1 amide bonds. The van der Waals surface area contributed by atoms with E-state index in [4.69, 9.17) is 5.26 Å². The zero-order chi connectivity index (χ0) is 18.5. The van der Waals surface area contributed by atoms with Crippen LogP contribution in [0.5, 0.6) is 0 Å². The molecule has 0 radical (unpaired) electrons. The molecule has 0 saturated carbocycles. The Labute approximate surface area is 162 Å². The number of hydrogen-bond donors (Lipinski definition) is 1. The second-order valence-corrected chi connectivity index (χ2v) is 7.38. The number of nitriles is 1. The molecule has 1 aromatic heterocycles.